The van der Waals surface area contributed by atoms with E-state index in [9.17, 15) is 14.0 Å². The second-order valence-electron chi connectivity index (χ2n) is 5.44. The molecule has 0 aliphatic carbocycles. The maximum Gasteiger partial charge on any atom is 0.233 e. The van der Waals surface area contributed by atoms with Gasteiger partial charge in [-0.05, 0) is 30.2 Å². The van der Waals surface area contributed by atoms with Gasteiger partial charge in [-0.25, -0.2) is 4.39 Å². The number of halogens is 1. The second kappa shape index (κ2) is 5.67. The van der Waals surface area contributed by atoms with Crippen LogP contribution in [0.15, 0.2) is 42.7 Å². The van der Waals surface area contributed by atoms with E-state index in [1.165, 1.54) is 18.3 Å². The van der Waals surface area contributed by atoms with E-state index in [0.717, 1.165) is 0 Å². The zero-order valence-electron chi connectivity index (χ0n) is 12.1. The number of carbonyl (C=O) groups is 2. The molecule has 0 radical (unpaired) electrons. The highest BCUT2D eigenvalue weighted by Crippen LogP contribution is 2.24. The van der Waals surface area contributed by atoms with Crippen LogP contribution in [0.5, 0.6) is 0 Å². The van der Waals surface area contributed by atoms with Crippen molar-refractivity contribution >= 4 is 11.7 Å². The van der Waals surface area contributed by atoms with Crippen molar-refractivity contribution in [3.05, 3.63) is 54.1 Å². The molecule has 2 heterocycles. The van der Waals surface area contributed by atoms with Crippen molar-refractivity contribution in [1.82, 2.24) is 9.88 Å². The molecule has 22 heavy (non-hydrogen) atoms. The standard InChI is InChI=1S/C17H15FN2O2/c1-20-6-5-15(17(20)22)16(21)13-7-12(9-19-10-13)11-3-2-4-14(18)8-11/h2-4,7-10,15H,5-6H2,1H3. The molecule has 0 saturated carbocycles. The first kappa shape index (κ1) is 14.4. The average Bonchev–Trinajstić information content (AvgIpc) is 2.86. The minimum atomic E-state index is -0.630. The number of nitrogens with zero attached hydrogens (tertiary/aromatic N) is 2. The third kappa shape index (κ3) is 2.62. The lowest BCUT2D eigenvalue weighted by atomic mass is 9.95. The van der Waals surface area contributed by atoms with Crippen LogP contribution >= 0.6 is 0 Å². The third-order valence-electron chi connectivity index (χ3n) is 3.92. The number of carbonyl (C=O) groups excluding carboxylic acids is 2. The van der Waals surface area contributed by atoms with Crippen molar-refractivity contribution in [1.29, 1.82) is 0 Å². The summed E-state index contributed by atoms with van der Waals surface area (Å²) >= 11 is 0. The molecule has 1 saturated heterocycles. The van der Waals surface area contributed by atoms with Crippen LogP contribution in [0, 0.1) is 11.7 Å². The second-order valence-corrected chi connectivity index (χ2v) is 5.44. The van der Waals surface area contributed by atoms with E-state index in [4.69, 9.17) is 0 Å². The predicted molar refractivity (Wildman–Crippen MR) is 79.7 cm³/mol. The number of Topliss-reactive ketones (excluding diaryl/α,β-unsaturated/α-hetero) is 1. The van der Waals surface area contributed by atoms with Crippen LogP contribution in [-0.4, -0.2) is 35.2 Å². The molecule has 1 unspecified atom stereocenters. The van der Waals surface area contributed by atoms with Crippen LogP contribution in [-0.2, 0) is 4.79 Å². The summed E-state index contributed by atoms with van der Waals surface area (Å²) in [6.07, 6.45) is 3.56. The SMILES string of the molecule is CN1CCC(C(=O)c2cncc(-c3cccc(F)c3)c2)C1=O. The lowest BCUT2D eigenvalue weighted by Gasteiger charge is -2.10. The van der Waals surface area contributed by atoms with Crippen molar-refractivity contribution in [2.75, 3.05) is 13.6 Å². The fourth-order valence-corrected chi connectivity index (χ4v) is 2.67. The topological polar surface area (TPSA) is 50.3 Å². The van der Waals surface area contributed by atoms with Gasteiger partial charge >= 0.3 is 0 Å². The Morgan fingerprint density at radius 2 is 2.09 bits per heavy atom. The summed E-state index contributed by atoms with van der Waals surface area (Å²) in [7, 11) is 1.69. The summed E-state index contributed by atoms with van der Waals surface area (Å²) in [6.45, 7) is 0.590. The van der Waals surface area contributed by atoms with E-state index in [0.29, 0.717) is 29.7 Å². The van der Waals surface area contributed by atoms with Crippen LogP contribution in [0.3, 0.4) is 0 Å². The summed E-state index contributed by atoms with van der Waals surface area (Å²) in [5, 5.41) is 0. The first-order chi connectivity index (χ1) is 10.6. The van der Waals surface area contributed by atoms with Crippen LogP contribution in [0.25, 0.3) is 11.1 Å². The van der Waals surface area contributed by atoms with E-state index < -0.39 is 5.92 Å². The molecule has 4 nitrogen and oxygen atoms in total. The number of aromatic nitrogens is 1. The number of hydrogen-bond donors (Lipinski definition) is 0. The molecule has 1 aromatic heterocycles. The van der Waals surface area contributed by atoms with Crippen LogP contribution in [0.2, 0.25) is 0 Å². The van der Waals surface area contributed by atoms with Gasteiger partial charge in [0.05, 0.1) is 0 Å². The van der Waals surface area contributed by atoms with Gasteiger partial charge in [-0.1, -0.05) is 12.1 Å². The Hall–Kier alpha value is -2.56. The van der Waals surface area contributed by atoms with Gasteiger partial charge in [0.2, 0.25) is 5.91 Å². The van der Waals surface area contributed by atoms with Crippen molar-refractivity contribution in [3.63, 3.8) is 0 Å². The van der Waals surface area contributed by atoms with E-state index >= 15 is 0 Å². The van der Waals surface area contributed by atoms with Gasteiger partial charge in [0.25, 0.3) is 0 Å². The Labute approximate surface area is 127 Å². The van der Waals surface area contributed by atoms with Crippen molar-refractivity contribution in [3.8, 4) is 11.1 Å². The molecule has 1 fully saturated rings. The Morgan fingerprint density at radius 3 is 2.77 bits per heavy atom. The molecule has 1 atom stereocenters. The van der Waals surface area contributed by atoms with Crippen LogP contribution < -0.4 is 0 Å². The minimum absolute atomic E-state index is 0.152. The first-order valence-corrected chi connectivity index (χ1v) is 7.06. The monoisotopic (exact) mass is 298 g/mol. The molecule has 112 valence electrons. The predicted octanol–water partition coefficient (Wildman–Crippen LogP) is 2.55. The molecule has 1 aromatic carbocycles. The third-order valence-corrected chi connectivity index (χ3v) is 3.92. The largest absolute Gasteiger partial charge is 0.345 e. The Balaban J connectivity index is 1.91. The highest BCUT2D eigenvalue weighted by atomic mass is 19.1. The molecule has 1 aliphatic rings. The quantitative estimate of drug-likeness (QED) is 0.646. The number of likely N-dealkylation sites (tertiary alicyclic amines) is 1. The van der Waals surface area contributed by atoms with Crippen LogP contribution in [0.4, 0.5) is 4.39 Å². The summed E-state index contributed by atoms with van der Waals surface area (Å²) in [6, 6.07) is 7.77. The summed E-state index contributed by atoms with van der Waals surface area (Å²) in [5.41, 5.74) is 1.69. The molecular weight excluding hydrogens is 283 g/mol. The Morgan fingerprint density at radius 1 is 1.27 bits per heavy atom. The maximum atomic E-state index is 13.3. The van der Waals surface area contributed by atoms with Crippen LogP contribution in [0.1, 0.15) is 16.8 Å². The average molecular weight is 298 g/mol. The Bertz CT molecular complexity index is 745. The molecule has 0 N–H and O–H groups in total. The molecule has 1 aliphatic heterocycles. The summed E-state index contributed by atoms with van der Waals surface area (Å²) in [5.74, 6) is -1.35. The summed E-state index contributed by atoms with van der Waals surface area (Å²) in [4.78, 5) is 30.1. The zero-order chi connectivity index (χ0) is 15.7. The fourth-order valence-electron chi connectivity index (χ4n) is 2.67. The molecule has 3 rings (SSSR count). The zero-order valence-corrected chi connectivity index (χ0v) is 12.1. The molecule has 5 heteroatoms. The van der Waals surface area contributed by atoms with Crippen molar-refractivity contribution in [2.24, 2.45) is 5.92 Å². The molecule has 0 spiro atoms. The first-order valence-electron chi connectivity index (χ1n) is 7.06. The molecule has 1 amide bonds. The van der Waals surface area contributed by atoms with Gasteiger partial charge in [-0.3, -0.25) is 14.6 Å². The van der Waals surface area contributed by atoms with Gasteiger partial charge in [0.1, 0.15) is 11.7 Å². The van der Waals surface area contributed by atoms with Crippen molar-refractivity contribution in [2.45, 2.75) is 6.42 Å². The number of ketones is 1. The van der Waals surface area contributed by atoms with Gasteiger partial charge in [0, 0.05) is 37.1 Å². The molecule has 2 aromatic rings. The van der Waals surface area contributed by atoms with E-state index in [2.05, 4.69) is 4.98 Å². The maximum absolute atomic E-state index is 13.3. The van der Waals surface area contributed by atoms with Crippen molar-refractivity contribution < 1.29 is 14.0 Å². The van der Waals surface area contributed by atoms with Gasteiger partial charge in [-0.2, -0.15) is 0 Å². The summed E-state index contributed by atoms with van der Waals surface area (Å²) < 4.78 is 13.3. The van der Waals surface area contributed by atoms with Gasteiger partial charge in [0.15, 0.2) is 5.78 Å². The minimum Gasteiger partial charge on any atom is -0.345 e. The van der Waals surface area contributed by atoms with Gasteiger partial charge in [-0.15, -0.1) is 0 Å². The lowest BCUT2D eigenvalue weighted by molar-refractivity contribution is -0.128. The highest BCUT2D eigenvalue weighted by Gasteiger charge is 2.35. The molecular formula is C17H15FN2O2. The number of pyridine rings is 1. The van der Waals surface area contributed by atoms with E-state index in [1.54, 1.807) is 36.3 Å². The van der Waals surface area contributed by atoms with Gasteiger partial charge < -0.3 is 4.90 Å². The lowest BCUT2D eigenvalue weighted by Crippen LogP contribution is -2.27. The highest BCUT2D eigenvalue weighted by molar-refractivity contribution is 6.11. The fraction of sp³-hybridized carbons (Fsp3) is 0.235. The number of hydrogen-bond acceptors (Lipinski definition) is 3. The number of rotatable bonds is 3. The number of benzene rings is 1. The van der Waals surface area contributed by atoms with E-state index in [-0.39, 0.29) is 17.5 Å². The Kier molecular flexibility index (Phi) is 3.71. The smallest absolute Gasteiger partial charge is 0.233 e. The number of amides is 1. The molecule has 0 bridgehead atoms. The van der Waals surface area contributed by atoms with E-state index in [1.807, 2.05) is 0 Å². The normalized spacial score (nSPS) is 17.8.